The van der Waals surface area contributed by atoms with E-state index in [1.165, 1.54) is 6.33 Å². The molecule has 0 amide bonds. The van der Waals surface area contributed by atoms with E-state index in [9.17, 15) is 0 Å². The van der Waals surface area contributed by atoms with Gasteiger partial charge in [0.15, 0.2) is 11.6 Å². The molecule has 0 atom stereocenters. The summed E-state index contributed by atoms with van der Waals surface area (Å²) in [6, 6.07) is 10.8. The zero-order valence-electron chi connectivity index (χ0n) is 16.6. The Bertz CT molecular complexity index is 921. The first-order valence-corrected chi connectivity index (χ1v) is 8.68. The largest absolute Gasteiger partial charge is 0.497 e. The highest BCUT2D eigenvalue weighted by atomic mass is 16.5. The molecule has 1 heterocycles. The van der Waals surface area contributed by atoms with Crippen molar-refractivity contribution in [3.63, 3.8) is 0 Å². The van der Waals surface area contributed by atoms with Crippen molar-refractivity contribution in [1.29, 1.82) is 0 Å². The van der Waals surface area contributed by atoms with Crippen LogP contribution in [0.5, 0.6) is 23.0 Å². The Morgan fingerprint density at radius 1 is 0.690 bits per heavy atom. The highest BCUT2D eigenvalue weighted by Crippen LogP contribution is 2.36. The van der Waals surface area contributed by atoms with Gasteiger partial charge >= 0.3 is 0 Å². The molecule has 152 valence electrons. The highest BCUT2D eigenvalue weighted by molar-refractivity contribution is 5.82. The van der Waals surface area contributed by atoms with Crippen LogP contribution in [0.1, 0.15) is 0 Å². The predicted octanol–water partition coefficient (Wildman–Crippen LogP) is 3.58. The van der Waals surface area contributed by atoms with E-state index in [0.29, 0.717) is 51.7 Å². The summed E-state index contributed by atoms with van der Waals surface area (Å²) < 4.78 is 21.3. The minimum Gasteiger partial charge on any atom is -0.497 e. The number of nitrogens with one attached hydrogen (secondary N) is 2. The van der Waals surface area contributed by atoms with Crippen molar-refractivity contribution in [2.45, 2.75) is 0 Å². The maximum absolute atomic E-state index is 6.29. The fourth-order valence-electron chi connectivity index (χ4n) is 2.65. The van der Waals surface area contributed by atoms with Crippen molar-refractivity contribution >= 4 is 28.7 Å². The molecule has 0 aliphatic heterocycles. The van der Waals surface area contributed by atoms with Gasteiger partial charge in [-0.2, -0.15) is 0 Å². The molecule has 0 aliphatic carbocycles. The molecular formula is C20H23N5O4. The maximum Gasteiger partial charge on any atom is 0.159 e. The second-order valence-electron chi connectivity index (χ2n) is 5.87. The predicted molar refractivity (Wildman–Crippen MR) is 112 cm³/mol. The zero-order chi connectivity index (χ0) is 20.8. The van der Waals surface area contributed by atoms with Crippen LogP contribution >= 0.6 is 0 Å². The van der Waals surface area contributed by atoms with Crippen LogP contribution in [0.25, 0.3) is 0 Å². The van der Waals surface area contributed by atoms with Crippen molar-refractivity contribution in [3.05, 3.63) is 42.7 Å². The van der Waals surface area contributed by atoms with E-state index in [1.807, 2.05) is 24.3 Å². The third-order valence-corrected chi connectivity index (χ3v) is 4.21. The molecule has 0 aliphatic rings. The highest BCUT2D eigenvalue weighted by Gasteiger charge is 2.14. The minimum atomic E-state index is 0.336. The number of hydrogen-bond acceptors (Lipinski definition) is 9. The number of aromatic nitrogens is 2. The summed E-state index contributed by atoms with van der Waals surface area (Å²) in [7, 11) is 6.34. The number of nitrogens with zero attached hydrogens (tertiary/aromatic N) is 2. The number of nitrogen functional groups attached to an aromatic ring is 1. The molecule has 0 fully saturated rings. The van der Waals surface area contributed by atoms with Crippen LogP contribution in [0, 0.1) is 0 Å². The number of ether oxygens (including phenoxy) is 4. The topological polar surface area (TPSA) is 113 Å². The van der Waals surface area contributed by atoms with Crippen molar-refractivity contribution in [3.8, 4) is 23.0 Å². The molecule has 0 unspecified atom stereocenters. The second-order valence-corrected chi connectivity index (χ2v) is 5.87. The molecule has 1 aromatic heterocycles. The van der Waals surface area contributed by atoms with Gasteiger partial charge in [0.05, 0.1) is 39.8 Å². The quantitative estimate of drug-likeness (QED) is 0.525. The molecule has 9 heteroatoms. The van der Waals surface area contributed by atoms with Gasteiger partial charge < -0.3 is 35.3 Å². The lowest BCUT2D eigenvalue weighted by molar-refractivity contribution is 0.395. The van der Waals surface area contributed by atoms with Gasteiger partial charge in [0.1, 0.15) is 35.0 Å². The summed E-state index contributed by atoms with van der Waals surface area (Å²) in [5, 5.41) is 6.34. The number of anilines is 5. The standard InChI is InChI=1S/C20H23N5O4/c1-26-12-5-7-14(16(9-12)28-3)24-19-18(21)20(23-11-22-19)25-15-8-6-13(27-2)10-17(15)29-4/h5-11H,21H2,1-4H3,(H2,22,23,24,25). The fraction of sp³-hybridized carbons (Fsp3) is 0.200. The zero-order valence-corrected chi connectivity index (χ0v) is 16.6. The van der Waals surface area contributed by atoms with Gasteiger partial charge in [-0.3, -0.25) is 0 Å². The molecular weight excluding hydrogens is 374 g/mol. The first kappa shape index (κ1) is 19.9. The molecule has 0 saturated carbocycles. The van der Waals surface area contributed by atoms with E-state index >= 15 is 0 Å². The van der Waals surface area contributed by atoms with E-state index in [2.05, 4.69) is 20.6 Å². The average Bonchev–Trinajstić information content (AvgIpc) is 2.76. The van der Waals surface area contributed by atoms with Gasteiger partial charge in [-0.1, -0.05) is 0 Å². The summed E-state index contributed by atoms with van der Waals surface area (Å²) in [5.41, 5.74) is 8.00. The summed E-state index contributed by atoms with van der Waals surface area (Å²) in [5.74, 6) is 3.40. The average molecular weight is 397 g/mol. The van der Waals surface area contributed by atoms with Gasteiger partial charge in [0.25, 0.3) is 0 Å². The molecule has 3 rings (SSSR count). The van der Waals surface area contributed by atoms with Crippen LogP contribution < -0.4 is 35.3 Å². The summed E-state index contributed by atoms with van der Waals surface area (Å²) in [6.07, 6.45) is 1.41. The first-order valence-electron chi connectivity index (χ1n) is 8.68. The first-order chi connectivity index (χ1) is 14.1. The number of rotatable bonds is 8. The Morgan fingerprint density at radius 3 is 1.52 bits per heavy atom. The number of nitrogens with two attached hydrogens (primary N) is 1. The second kappa shape index (κ2) is 8.87. The van der Waals surface area contributed by atoms with Crippen LogP contribution in [0.3, 0.4) is 0 Å². The molecule has 0 spiro atoms. The Labute approximate surface area is 168 Å². The lowest BCUT2D eigenvalue weighted by Gasteiger charge is -2.16. The van der Waals surface area contributed by atoms with Crippen LogP contribution in [0.4, 0.5) is 28.7 Å². The third kappa shape index (κ3) is 4.34. The molecule has 0 radical (unpaired) electrons. The van der Waals surface area contributed by atoms with E-state index in [4.69, 9.17) is 24.7 Å². The van der Waals surface area contributed by atoms with E-state index in [1.54, 1.807) is 40.6 Å². The molecule has 29 heavy (non-hydrogen) atoms. The SMILES string of the molecule is COc1ccc(Nc2ncnc(Nc3ccc(OC)cc3OC)c2N)c(OC)c1. The van der Waals surface area contributed by atoms with Crippen LogP contribution in [0.15, 0.2) is 42.7 Å². The van der Waals surface area contributed by atoms with E-state index in [-0.39, 0.29) is 0 Å². The Balaban J connectivity index is 1.89. The molecule has 0 bridgehead atoms. The van der Waals surface area contributed by atoms with Gasteiger partial charge in [-0.15, -0.1) is 0 Å². The van der Waals surface area contributed by atoms with Gasteiger partial charge in [-0.25, -0.2) is 9.97 Å². The van der Waals surface area contributed by atoms with Crippen LogP contribution in [0.2, 0.25) is 0 Å². The number of benzene rings is 2. The Kier molecular flexibility index (Phi) is 6.08. The van der Waals surface area contributed by atoms with Crippen molar-refractivity contribution in [1.82, 2.24) is 9.97 Å². The van der Waals surface area contributed by atoms with Gasteiger partial charge in [0.2, 0.25) is 0 Å². The number of hydrogen-bond donors (Lipinski definition) is 3. The van der Waals surface area contributed by atoms with Crippen LogP contribution in [-0.2, 0) is 0 Å². The molecule has 0 saturated heterocycles. The molecule has 4 N–H and O–H groups in total. The summed E-state index contributed by atoms with van der Waals surface area (Å²) in [6.45, 7) is 0. The summed E-state index contributed by atoms with van der Waals surface area (Å²) >= 11 is 0. The Morgan fingerprint density at radius 2 is 1.14 bits per heavy atom. The number of methoxy groups -OCH3 is 4. The van der Waals surface area contributed by atoms with Crippen molar-refractivity contribution < 1.29 is 18.9 Å². The van der Waals surface area contributed by atoms with E-state index < -0.39 is 0 Å². The molecule has 3 aromatic rings. The van der Waals surface area contributed by atoms with Crippen LogP contribution in [-0.4, -0.2) is 38.4 Å². The van der Waals surface area contributed by atoms with Gasteiger partial charge in [-0.05, 0) is 24.3 Å². The normalized spacial score (nSPS) is 10.2. The Hall–Kier alpha value is -3.88. The van der Waals surface area contributed by atoms with Gasteiger partial charge in [0, 0.05) is 12.1 Å². The van der Waals surface area contributed by atoms with Crippen molar-refractivity contribution in [2.24, 2.45) is 0 Å². The third-order valence-electron chi connectivity index (χ3n) is 4.21. The fourth-order valence-corrected chi connectivity index (χ4v) is 2.65. The van der Waals surface area contributed by atoms with E-state index in [0.717, 1.165) is 0 Å². The monoisotopic (exact) mass is 397 g/mol. The van der Waals surface area contributed by atoms with Crippen molar-refractivity contribution in [2.75, 3.05) is 44.8 Å². The molecule has 2 aromatic carbocycles. The lowest BCUT2D eigenvalue weighted by atomic mass is 10.2. The smallest absolute Gasteiger partial charge is 0.159 e. The molecule has 9 nitrogen and oxygen atoms in total. The summed E-state index contributed by atoms with van der Waals surface area (Å²) in [4.78, 5) is 8.48. The minimum absolute atomic E-state index is 0.336. The lowest BCUT2D eigenvalue weighted by Crippen LogP contribution is -2.06. The maximum atomic E-state index is 6.29.